The van der Waals surface area contributed by atoms with E-state index in [0.717, 1.165) is 11.8 Å². The Kier molecular flexibility index (Phi) is 2.12. The molecule has 0 saturated heterocycles. The van der Waals surface area contributed by atoms with Crippen LogP contribution in [0.5, 0.6) is 0 Å². The lowest BCUT2D eigenvalue weighted by Crippen LogP contribution is -2.17. The summed E-state index contributed by atoms with van der Waals surface area (Å²) in [5.41, 5.74) is 8.69. The first kappa shape index (κ1) is 8.76. The van der Waals surface area contributed by atoms with Gasteiger partial charge in [0, 0.05) is 6.04 Å². The second kappa shape index (κ2) is 3.15. The van der Waals surface area contributed by atoms with Gasteiger partial charge in [-0.25, -0.2) is 0 Å². The predicted octanol–water partition coefficient (Wildman–Crippen LogP) is 2.45. The van der Waals surface area contributed by atoms with E-state index >= 15 is 0 Å². The summed E-state index contributed by atoms with van der Waals surface area (Å²) in [5.74, 6) is 1.46. The molecule has 1 aromatic rings. The summed E-state index contributed by atoms with van der Waals surface area (Å²) >= 11 is 0. The summed E-state index contributed by atoms with van der Waals surface area (Å²) in [6.07, 6.45) is 1.28. The first-order chi connectivity index (χ1) is 6.18. The van der Waals surface area contributed by atoms with Crippen LogP contribution in [-0.2, 0) is 0 Å². The summed E-state index contributed by atoms with van der Waals surface area (Å²) in [5, 5.41) is 0. The molecule has 13 heavy (non-hydrogen) atoms. The zero-order valence-corrected chi connectivity index (χ0v) is 8.33. The molecule has 0 aliphatic heterocycles. The quantitative estimate of drug-likeness (QED) is 0.734. The van der Waals surface area contributed by atoms with Crippen LogP contribution < -0.4 is 5.73 Å². The molecule has 1 aromatic carbocycles. The molecule has 0 radical (unpaired) electrons. The van der Waals surface area contributed by atoms with Gasteiger partial charge in [-0.3, -0.25) is 0 Å². The third-order valence-corrected chi connectivity index (χ3v) is 2.99. The van der Waals surface area contributed by atoms with Gasteiger partial charge in [0.2, 0.25) is 0 Å². The van der Waals surface area contributed by atoms with Crippen molar-refractivity contribution in [2.45, 2.75) is 32.2 Å². The third kappa shape index (κ3) is 1.75. The van der Waals surface area contributed by atoms with Gasteiger partial charge in [0.05, 0.1) is 0 Å². The highest BCUT2D eigenvalue weighted by Crippen LogP contribution is 2.48. The number of aryl methyl sites for hydroxylation is 1. The van der Waals surface area contributed by atoms with Crippen LogP contribution in [0.2, 0.25) is 0 Å². The highest BCUT2D eigenvalue weighted by Gasteiger charge is 2.40. The lowest BCUT2D eigenvalue weighted by atomic mass is 10.0. The summed E-state index contributed by atoms with van der Waals surface area (Å²) < 4.78 is 0. The summed E-state index contributed by atoms with van der Waals surface area (Å²) in [4.78, 5) is 0. The van der Waals surface area contributed by atoms with Crippen LogP contribution >= 0.6 is 0 Å². The molecule has 0 spiro atoms. The average molecular weight is 175 g/mol. The van der Waals surface area contributed by atoms with Crippen LogP contribution in [0.15, 0.2) is 24.3 Å². The van der Waals surface area contributed by atoms with Crippen molar-refractivity contribution in [2.75, 3.05) is 0 Å². The minimum absolute atomic E-state index is 0.352. The fraction of sp³-hybridized carbons (Fsp3) is 0.500. The lowest BCUT2D eigenvalue weighted by Gasteiger charge is -2.04. The monoisotopic (exact) mass is 175 g/mol. The van der Waals surface area contributed by atoms with Crippen LogP contribution in [0.1, 0.15) is 30.4 Å². The number of hydrogen-bond acceptors (Lipinski definition) is 1. The van der Waals surface area contributed by atoms with E-state index in [-0.39, 0.29) is 0 Å². The molecule has 0 bridgehead atoms. The van der Waals surface area contributed by atoms with Crippen molar-refractivity contribution in [3.8, 4) is 0 Å². The molecule has 3 atom stereocenters. The van der Waals surface area contributed by atoms with Crippen LogP contribution in [0, 0.1) is 12.8 Å². The molecular formula is C12H17N. The van der Waals surface area contributed by atoms with Crippen molar-refractivity contribution in [3.63, 3.8) is 0 Å². The molecule has 70 valence electrons. The van der Waals surface area contributed by atoms with E-state index in [1.54, 1.807) is 0 Å². The summed E-state index contributed by atoms with van der Waals surface area (Å²) in [7, 11) is 0. The van der Waals surface area contributed by atoms with E-state index in [2.05, 4.69) is 38.1 Å². The molecule has 0 amide bonds. The Hall–Kier alpha value is -0.820. The van der Waals surface area contributed by atoms with Gasteiger partial charge in [-0.05, 0) is 37.7 Å². The molecule has 0 unspecified atom stereocenters. The zero-order chi connectivity index (χ0) is 9.42. The fourth-order valence-corrected chi connectivity index (χ4v) is 2.08. The van der Waals surface area contributed by atoms with Crippen molar-refractivity contribution in [3.05, 3.63) is 35.4 Å². The Labute approximate surface area is 80.0 Å². The van der Waals surface area contributed by atoms with Crippen molar-refractivity contribution in [2.24, 2.45) is 11.7 Å². The molecule has 1 fully saturated rings. The molecule has 1 saturated carbocycles. The minimum Gasteiger partial charge on any atom is -0.328 e. The molecule has 0 aromatic heterocycles. The van der Waals surface area contributed by atoms with Gasteiger partial charge in [-0.15, -0.1) is 0 Å². The lowest BCUT2D eigenvalue weighted by molar-refractivity contribution is 0.631. The third-order valence-electron chi connectivity index (χ3n) is 2.99. The normalized spacial score (nSPS) is 28.5. The second-order valence-electron chi connectivity index (χ2n) is 4.28. The molecule has 1 heteroatoms. The molecule has 1 nitrogen and oxygen atoms in total. The van der Waals surface area contributed by atoms with Crippen molar-refractivity contribution in [1.82, 2.24) is 0 Å². The topological polar surface area (TPSA) is 26.0 Å². The van der Waals surface area contributed by atoms with Crippen molar-refractivity contribution < 1.29 is 0 Å². The van der Waals surface area contributed by atoms with Gasteiger partial charge in [0.1, 0.15) is 0 Å². The molecule has 1 aliphatic carbocycles. The number of nitrogens with two attached hydrogens (primary N) is 1. The Balaban J connectivity index is 2.12. The van der Waals surface area contributed by atoms with Gasteiger partial charge in [0.15, 0.2) is 0 Å². The fourth-order valence-electron chi connectivity index (χ4n) is 2.08. The molecule has 2 N–H and O–H groups in total. The van der Waals surface area contributed by atoms with E-state index in [4.69, 9.17) is 5.73 Å². The van der Waals surface area contributed by atoms with Crippen LogP contribution in [0.4, 0.5) is 0 Å². The average Bonchev–Trinajstić information content (AvgIpc) is 2.82. The van der Waals surface area contributed by atoms with Gasteiger partial charge < -0.3 is 5.73 Å². The first-order valence-corrected chi connectivity index (χ1v) is 5.00. The summed E-state index contributed by atoms with van der Waals surface area (Å²) in [6.45, 7) is 4.26. The van der Waals surface area contributed by atoms with E-state index in [1.165, 1.54) is 17.5 Å². The summed E-state index contributed by atoms with van der Waals surface area (Å²) in [6, 6.07) is 9.15. The van der Waals surface area contributed by atoms with Gasteiger partial charge in [0.25, 0.3) is 0 Å². The van der Waals surface area contributed by atoms with Gasteiger partial charge >= 0.3 is 0 Å². The van der Waals surface area contributed by atoms with Gasteiger partial charge in [-0.2, -0.15) is 0 Å². The van der Waals surface area contributed by atoms with E-state index < -0.39 is 0 Å². The highest BCUT2D eigenvalue weighted by molar-refractivity contribution is 5.30. The van der Waals surface area contributed by atoms with E-state index in [9.17, 15) is 0 Å². The van der Waals surface area contributed by atoms with E-state index in [1.807, 2.05) is 0 Å². The first-order valence-electron chi connectivity index (χ1n) is 5.00. The van der Waals surface area contributed by atoms with Crippen LogP contribution in [0.25, 0.3) is 0 Å². The Bertz CT molecular complexity index is 304. The maximum atomic E-state index is 5.86. The maximum Gasteiger partial charge on any atom is 0.00448 e. The molecule has 2 rings (SSSR count). The Morgan fingerprint density at radius 2 is 2.23 bits per heavy atom. The number of rotatable bonds is 2. The zero-order valence-electron chi connectivity index (χ0n) is 8.33. The minimum atomic E-state index is 0.352. The standard InChI is InChI=1S/C12H17N/c1-8-4-3-5-10(6-8)12-7-11(12)9(2)13/h3-6,9,11-12H,7,13H2,1-2H3/t9-,11+,12-/m1/s1. The Morgan fingerprint density at radius 3 is 2.77 bits per heavy atom. The maximum absolute atomic E-state index is 5.86. The molecule has 0 heterocycles. The predicted molar refractivity (Wildman–Crippen MR) is 55.7 cm³/mol. The van der Waals surface area contributed by atoms with Crippen LogP contribution in [-0.4, -0.2) is 6.04 Å². The molecular weight excluding hydrogens is 158 g/mol. The largest absolute Gasteiger partial charge is 0.328 e. The number of hydrogen-bond donors (Lipinski definition) is 1. The smallest absolute Gasteiger partial charge is 0.00448 e. The van der Waals surface area contributed by atoms with E-state index in [0.29, 0.717) is 6.04 Å². The Morgan fingerprint density at radius 1 is 1.46 bits per heavy atom. The van der Waals surface area contributed by atoms with Crippen LogP contribution in [0.3, 0.4) is 0 Å². The van der Waals surface area contributed by atoms with Crippen molar-refractivity contribution in [1.29, 1.82) is 0 Å². The van der Waals surface area contributed by atoms with Gasteiger partial charge in [-0.1, -0.05) is 29.8 Å². The molecule has 1 aliphatic rings. The second-order valence-corrected chi connectivity index (χ2v) is 4.28. The number of benzene rings is 1. The highest BCUT2D eigenvalue weighted by atomic mass is 14.7. The van der Waals surface area contributed by atoms with Crippen molar-refractivity contribution >= 4 is 0 Å². The SMILES string of the molecule is Cc1cccc([C@H]2C[C@H]2[C@@H](C)N)c1.